The van der Waals surface area contributed by atoms with Crippen molar-refractivity contribution in [3.05, 3.63) is 0 Å². The van der Waals surface area contributed by atoms with E-state index in [2.05, 4.69) is 11.8 Å². The summed E-state index contributed by atoms with van der Waals surface area (Å²) >= 11 is 0. The van der Waals surface area contributed by atoms with E-state index < -0.39 is 0 Å². The maximum atomic E-state index is 9.36. The van der Waals surface area contributed by atoms with Gasteiger partial charge >= 0.3 is 0 Å². The van der Waals surface area contributed by atoms with Crippen LogP contribution in [0.1, 0.15) is 58.3 Å². The summed E-state index contributed by atoms with van der Waals surface area (Å²) in [5, 5.41) is 9.36. The fourth-order valence-electron chi connectivity index (χ4n) is 2.31. The highest BCUT2D eigenvalue weighted by Crippen LogP contribution is 2.11. The Morgan fingerprint density at radius 3 is 2.33 bits per heavy atom. The molecule has 1 N–H and O–H groups in total. The van der Waals surface area contributed by atoms with Crippen molar-refractivity contribution in [3.63, 3.8) is 0 Å². The quantitative estimate of drug-likeness (QED) is 0.627. The molecular formula is C13H27NO. The van der Waals surface area contributed by atoms with Crippen LogP contribution in [0.15, 0.2) is 0 Å². The second kappa shape index (κ2) is 8.12. The lowest BCUT2D eigenvalue weighted by atomic mass is 10.1. The van der Waals surface area contributed by atoms with Gasteiger partial charge in [0.1, 0.15) is 0 Å². The van der Waals surface area contributed by atoms with Gasteiger partial charge in [0.15, 0.2) is 0 Å². The van der Waals surface area contributed by atoms with Crippen LogP contribution in [0.5, 0.6) is 0 Å². The van der Waals surface area contributed by atoms with E-state index in [1.54, 1.807) is 0 Å². The van der Waals surface area contributed by atoms with Crippen LogP contribution in [-0.4, -0.2) is 35.7 Å². The van der Waals surface area contributed by atoms with Crippen LogP contribution >= 0.6 is 0 Å². The Morgan fingerprint density at radius 1 is 1.07 bits per heavy atom. The number of unbranched alkanes of at least 4 members (excludes halogenated alkanes) is 6. The average Bonchev–Trinajstić information content (AvgIpc) is 2.63. The Balaban J connectivity index is 1.81. The lowest BCUT2D eigenvalue weighted by Gasteiger charge is -2.14. The topological polar surface area (TPSA) is 23.5 Å². The Kier molecular flexibility index (Phi) is 7.03. The predicted molar refractivity (Wildman–Crippen MR) is 65.1 cm³/mol. The molecule has 2 heteroatoms. The van der Waals surface area contributed by atoms with Crippen LogP contribution in [0.2, 0.25) is 0 Å². The van der Waals surface area contributed by atoms with E-state index in [0.717, 1.165) is 19.5 Å². The first-order valence-electron chi connectivity index (χ1n) is 6.73. The molecule has 1 fully saturated rings. The van der Waals surface area contributed by atoms with Crippen molar-refractivity contribution < 1.29 is 5.11 Å². The molecule has 1 aliphatic heterocycles. The molecular weight excluding hydrogens is 186 g/mol. The zero-order chi connectivity index (χ0) is 10.9. The molecule has 0 radical (unpaired) electrons. The lowest BCUT2D eigenvalue weighted by Crippen LogP contribution is -2.23. The second-order valence-electron chi connectivity index (χ2n) is 4.86. The molecule has 0 bridgehead atoms. The first-order valence-corrected chi connectivity index (χ1v) is 6.73. The van der Waals surface area contributed by atoms with E-state index in [-0.39, 0.29) is 6.10 Å². The van der Waals surface area contributed by atoms with E-state index in [9.17, 15) is 5.11 Å². The third kappa shape index (κ3) is 6.16. The molecule has 0 aromatic rings. The zero-order valence-electron chi connectivity index (χ0n) is 10.2. The number of β-amino-alcohol motifs (C(OH)–C–C–N with tert-alkyl or cyclic N) is 1. The van der Waals surface area contributed by atoms with Crippen molar-refractivity contribution in [2.24, 2.45) is 0 Å². The molecule has 1 saturated heterocycles. The molecule has 0 aromatic heterocycles. The van der Waals surface area contributed by atoms with Crippen molar-refractivity contribution >= 4 is 0 Å². The summed E-state index contributed by atoms with van der Waals surface area (Å²) < 4.78 is 0. The zero-order valence-corrected chi connectivity index (χ0v) is 10.2. The van der Waals surface area contributed by atoms with Crippen molar-refractivity contribution in [1.29, 1.82) is 0 Å². The summed E-state index contributed by atoms with van der Waals surface area (Å²) in [7, 11) is 0. The van der Waals surface area contributed by atoms with Gasteiger partial charge in [-0.3, -0.25) is 0 Å². The van der Waals surface area contributed by atoms with Crippen molar-refractivity contribution in [2.75, 3.05) is 19.6 Å². The van der Waals surface area contributed by atoms with Gasteiger partial charge in [0.05, 0.1) is 6.10 Å². The Hall–Kier alpha value is -0.0800. The van der Waals surface area contributed by atoms with Crippen molar-refractivity contribution in [3.8, 4) is 0 Å². The summed E-state index contributed by atoms with van der Waals surface area (Å²) in [6, 6.07) is 0. The van der Waals surface area contributed by atoms with Gasteiger partial charge in [-0.25, -0.2) is 0 Å². The maximum Gasteiger partial charge on any atom is 0.0679 e. The van der Waals surface area contributed by atoms with Crippen LogP contribution in [0.4, 0.5) is 0 Å². The monoisotopic (exact) mass is 213 g/mol. The lowest BCUT2D eigenvalue weighted by molar-refractivity contribution is 0.175. The normalized spacial score (nSPS) is 22.4. The number of aliphatic hydroxyl groups is 1. The van der Waals surface area contributed by atoms with Gasteiger partial charge in [0.2, 0.25) is 0 Å². The molecule has 0 saturated carbocycles. The van der Waals surface area contributed by atoms with E-state index in [1.165, 1.54) is 51.5 Å². The van der Waals surface area contributed by atoms with Crippen LogP contribution in [0.3, 0.4) is 0 Å². The smallest absolute Gasteiger partial charge is 0.0679 e. The largest absolute Gasteiger partial charge is 0.392 e. The fourth-order valence-corrected chi connectivity index (χ4v) is 2.31. The Morgan fingerprint density at radius 2 is 1.73 bits per heavy atom. The van der Waals surface area contributed by atoms with E-state index in [1.807, 2.05) is 0 Å². The molecule has 1 rings (SSSR count). The molecule has 0 unspecified atom stereocenters. The minimum atomic E-state index is -0.0467. The molecule has 0 amide bonds. The van der Waals surface area contributed by atoms with Gasteiger partial charge in [0.25, 0.3) is 0 Å². The average molecular weight is 213 g/mol. The predicted octanol–water partition coefficient (Wildman–Crippen LogP) is 2.80. The van der Waals surface area contributed by atoms with Crippen LogP contribution in [-0.2, 0) is 0 Å². The molecule has 0 aromatic carbocycles. The number of aliphatic hydroxyl groups excluding tert-OH is 1. The minimum Gasteiger partial charge on any atom is -0.392 e. The molecule has 0 aliphatic carbocycles. The molecule has 90 valence electrons. The van der Waals surface area contributed by atoms with Gasteiger partial charge in [-0.1, -0.05) is 45.4 Å². The van der Waals surface area contributed by atoms with Gasteiger partial charge in [-0.2, -0.15) is 0 Å². The molecule has 0 spiro atoms. The SMILES string of the molecule is CCCCCCCCCN1CC[C@H](O)C1. The summed E-state index contributed by atoms with van der Waals surface area (Å²) in [6.07, 6.45) is 10.6. The summed E-state index contributed by atoms with van der Waals surface area (Å²) in [5.74, 6) is 0. The Labute approximate surface area is 94.7 Å². The van der Waals surface area contributed by atoms with E-state index in [4.69, 9.17) is 0 Å². The molecule has 1 atom stereocenters. The number of nitrogens with zero attached hydrogens (tertiary/aromatic N) is 1. The molecule has 15 heavy (non-hydrogen) atoms. The first kappa shape index (κ1) is 13.0. The van der Waals surface area contributed by atoms with E-state index >= 15 is 0 Å². The van der Waals surface area contributed by atoms with Crippen LogP contribution in [0.25, 0.3) is 0 Å². The standard InChI is InChI=1S/C13H27NO/c1-2-3-4-5-6-7-8-10-14-11-9-13(15)12-14/h13,15H,2-12H2,1H3/t13-/m0/s1. The highest BCUT2D eigenvalue weighted by atomic mass is 16.3. The maximum absolute atomic E-state index is 9.36. The van der Waals surface area contributed by atoms with Gasteiger partial charge in [-0.15, -0.1) is 0 Å². The number of likely N-dealkylation sites (tertiary alicyclic amines) is 1. The molecule has 1 heterocycles. The first-order chi connectivity index (χ1) is 7.33. The fraction of sp³-hybridized carbons (Fsp3) is 1.00. The van der Waals surface area contributed by atoms with Crippen molar-refractivity contribution in [1.82, 2.24) is 4.90 Å². The molecule has 1 aliphatic rings. The molecule has 2 nitrogen and oxygen atoms in total. The Bertz CT molecular complexity index is 149. The van der Waals surface area contributed by atoms with E-state index in [0.29, 0.717) is 0 Å². The summed E-state index contributed by atoms with van der Waals surface area (Å²) in [6.45, 7) is 5.48. The highest BCUT2D eigenvalue weighted by Gasteiger charge is 2.18. The summed E-state index contributed by atoms with van der Waals surface area (Å²) in [5.41, 5.74) is 0. The van der Waals surface area contributed by atoms with Gasteiger partial charge in [-0.05, 0) is 19.4 Å². The third-order valence-corrected chi connectivity index (χ3v) is 3.33. The second-order valence-corrected chi connectivity index (χ2v) is 4.86. The number of rotatable bonds is 8. The summed E-state index contributed by atoms with van der Waals surface area (Å²) in [4.78, 5) is 2.40. The van der Waals surface area contributed by atoms with Gasteiger partial charge in [0, 0.05) is 13.1 Å². The number of hydrogen-bond donors (Lipinski definition) is 1. The minimum absolute atomic E-state index is 0.0467. The highest BCUT2D eigenvalue weighted by molar-refractivity contribution is 4.73. The number of hydrogen-bond acceptors (Lipinski definition) is 2. The van der Waals surface area contributed by atoms with Crippen molar-refractivity contribution in [2.45, 2.75) is 64.4 Å². The van der Waals surface area contributed by atoms with Crippen LogP contribution < -0.4 is 0 Å². The van der Waals surface area contributed by atoms with Crippen LogP contribution in [0, 0.1) is 0 Å². The van der Waals surface area contributed by atoms with Gasteiger partial charge < -0.3 is 10.0 Å². The third-order valence-electron chi connectivity index (χ3n) is 3.33.